The van der Waals surface area contributed by atoms with Crippen LogP contribution in [0.2, 0.25) is 0 Å². The molecule has 0 bridgehead atoms. The number of rotatable bonds is 6. The van der Waals surface area contributed by atoms with E-state index in [9.17, 15) is 5.11 Å². The molecule has 3 nitrogen and oxygen atoms in total. The molecule has 0 aliphatic rings. The summed E-state index contributed by atoms with van der Waals surface area (Å²) in [7, 11) is 0. The third-order valence-electron chi connectivity index (χ3n) is 3.02. The molecule has 0 spiro atoms. The Hall–Kier alpha value is -2.00. The molecule has 3 heteroatoms. The Morgan fingerprint density at radius 3 is 2.15 bits per heavy atom. The van der Waals surface area contributed by atoms with Crippen molar-refractivity contribution >= 4 is 0 Å². The Balaban J connectivity index is 1.82. The molecule has 2 aromatic carbocycles. The first-order valence-corrected chi connectivity index (χ1v) is 6.80. The van der Waals surface area contributed by atoms with Crippen molar-refractivity contribution in [1.29, 1.82) is 0 Å². The van der Waals surface area contributed by atoms with Gasteiger partial charge >= 0.3 is 0 Å². The second-order valence-corrected chi connectivity index (χ2v) is 4.69. The Morgan fingerprint density at radius 2 is 1.55 bits per heavy atom. The zero-order valence-electron chi connectivity index (χ0n) is 11.9. The van der Waals surface area contributed by atoms with Crippen molar-refractivity contribution in [2.45, 2.75) is 26.6 Å². The van der Waals surface area contributed by atoms with E-state index in [1.54, 1.807) is 0 Å². The van der Waals surface area contributed by atoms with Crippen LogP contribution in [0.4, 0.5) is 0 Å². The van der Waals surface area contributed by atoms with Gasteiger partial charge in [-0.05, 0) is 43.2 Å². The van der Waals surface area contributed by atoms with Gasteiger partial charge < -0.3 is 14.6 Å². The minimum absolute atomic E-state index is 0.0958. The highest BCUT2D eigenvalue weighted by Gasteiger charge is 2.07. The highest BCUT2D eigenvalue weighted by molar-refractivity contribution is 5.28. The van der Waals surface area contributed by atoms with Gasteiger partial charge in [0.1, 0.15) is 11.5 Å². The van der Waals surface area contributed by atoms with Crippen molar-refractivity contribution in [2.75, 3.05) is 6.61 Å². The number of hydrogen-bond donors (Lipinski definition) is 1. The summed E-state index contributed by atoms with van der Waals surface area (Å²) in [5.74, 6) is 1.36. The maximum atomic E-state index is 9.80. The third kappa shape index (κ3) is 4.28. The third-order valence-corrected chi connectivity index (χ3v) is 3.02. The molecule has 1 N–H and O–H groups in total. The van der Waals surface area contributed by atoms with Crippen LogP contribution in [0.3, 0.4) is 0 Å². The SMILES string of the molecule is CCc1ccc(OC(O)COc2ccc(C)cc2)cc1. The van der Waals surface area contributed by atoms with E-state index < -0.39 is 6.29 Å². The number of benzene rings is 2. The molecule has 0 radical (unpaired) electrons. The van der Waals surface area contributed by atoms with Crippen LogP contribution in [-0.4, -0.2) is 18.0 Å². The lowest BCUT2D eigenvalue weighted by Crippen LogP contribution is -2.24. The smallest absolute Gasteiger partial charge is 0.231 e. The topological polar surface area (TPSA) is 38.7 Å². The molecule has 0 fully saturated rings. The van der Waals surface area contributed by atoms with Crippen LogP contribution >= 0.6 is 0 Å². The zero-order chi connectivity index (χ0) is 14.4. The maximum Gasteiger partial charge on any atom is 0.231 e. The van der Waals surface area contributed by atoms with Gasteiger partial charge in [0, 0.05) is 0 Å². The first kappa shape index (κ1) is 14.4. The highest BCUT2D eigenvalue weighted by Crippen LogP contribution is 2.15. The van der Waals surface area contributed by atoms with Crippen LogP contribution in [0.5, 0.6) is 11.5 Å². The van der Waals surface area contributed by atoms with Gasteiger partial charge in [0.05, 0.1) is 0 Å². The van der Waals surface area contributed by atoms with E-state index in [0.717, 1.165) is 12.2 Å². The summed E-state index contributed by atoms with van der Waals surface area (Å²) >= 11 is 0. The fourth-order valence-electron chi connectivity index (χ4n) is 1.80. The van der Waals surface area contributed by atoms with E-state index in [-0.39, 0.29) is 6.61 Å². The maximum absolute atomic E-state index is 9.80. The average Bonchev–Trinajstić information content (AvgIpc) is 2.47. The second-order valence-electron chi connectivity index (χ2n) is 4.69. The quantitative estimate of drug-likeness (QED) is 0.820. The molecular formula is C17H20O3. The molecule has 2 rings (SSSR count). The number of aryl methyl sites for hydroxylation is 2. The summed E-state index contributed by atoms with van der Waals surface area (Å²) < 4.78 is 10.9. The van der Waals surface area contributed by atoms with Gasteiger partial charge in [0.25, 0.3) is 0 Å². The normalized spacial score (nSPS) is 11.9. The average molecular weight is 272 g/mol. The minimum Gasteiger partial charge on any atom is -0.487 e. The van der Waals surface area contributed by atoms with Crippen molar-refractivity contribution in [3.05, 3.63) is 59.7 Å². The van der Waals surface area contributed by atoms with Crippen LogP contribution < -0.4 is 9.47 Å². The molecule has 0 saturated heterocycles. The predicted octanol–water partition coefficient (Wildman–Crippen LogP) is 3.33. The lowest BCUT2D eigenvalue weighted by atomic mass is 10.2. The van der Waals surface area contributed by atoms with Gasteiger partial charge in [0.2, 0.25) is 6.29 Å². The molecule has 0 aromatic heterocycles. The zero-order valence-corrected chi connectivity index (χ0v) is 11.9. The lowest BCUT2D eigenvalue weighted by molar-refractivity contribution is -0.0478. The van der Waals surface area contributed by atoms with Gasteiger partial charge in [-0.15, -0.1) is 0 Å². The largest absolute Gasteiger partial charge is 0.487 e. The Bertz CT molecular complexity index is 517. The summed E-state index contributed by atoms with van der Waals surface area (Å²) in [4.78, 5) is 0. The van der Waals surface area contributed by atoms with Crippen molar-refractivity contribution in [3.63, 3.8) is 0 Å². The van der Waals surface area contributed by atoms with Crippen LogP contribution in [0.15, 0.2) is 48.5 Å². The Morgan fingerprint density at radius 1 is 0.950 bits per heavy atom. The van der Waals surface area contributed by atoms with E-state index in [4.69, 9.17) is 9.47 Å². The van der Waals surface area contributed by atoms with Gasteiger partial charge in [-0.25, -0.2) is 0 Å². The fourth-order valence-corrected chi connectivity index (χ4v) is 1.80. The number of aliphatic hydroxyl groups excluding tert-OH is 1. The van der Waals surface area contributed by atoms with Gasteiger partial charge in [0.15, 0.2) is 6.61 Å². The van der Waals surface area contributed by atoms with E-state index in [1.165, 1.54) is 11.1 Å². The van der Waals surface area contributed by atoms with E-state index >= 15 is 0 Å². The summed E-state index contributed by atoms with van der Waals surface area (Å²) in [6, 6.07) is 15.4. The van der Waals surface area contributed by atoms with Crippen LogP contribution in [-0.2, 0) is 6.42 Å². The van der Waals surface area contributed by atoms with Crippen molar-refractivity contribution in [3.8, 4) is 11.5 Å². The molecule has 2 aromatic rings. The van der Waals surface area contributed by atoms with Crippen LogP contribution in [0.25, 0.3) is 0 Å². The summed E-state index contributed by atoms with van der Waals surface area (Å²) in [5.41, 5.74) is 2.41. The van der Waals surface area contributed by atoms with Crippen molar-refractivity contribution in [1.82, 2.24) is 0 Å². The van der Waals surface area contributed by atoms with Gasteiger partial charge in [-0.3, -0.25) is 0 Å². The minimum atomic E-state index is -0.983. The standard InChI is InChI=1S/C17H20O3/c1-3-14-6-10-16(11-7-14)20-17(18)12-19-15-8-4-13(2)5-9-15/h4-11,17-18H,3,12H2,1-2H3. The number of ether oxygens (including phenoxy) is 2. The molecule has 106 valence electrons. The molecule has 0 amide bonds. The molecule has 1 atom stereocenters. The van der Waals surface area contributed by atoms with E-state index in [2.05, 4.69) is 6.92 Å². The molecular weight excluding hydrogens is 252 g/mol. The number of hydrogen-bond acceptors (Lipinski definition) is 3. The monoisotopic (exact) mass is 272 g/mol. The van der Waals surface area contributed by atoms with Crippen molar-refractivity contribution < 1.29 is 14.6 Å². The molecule has 20 heavy (non-hydrogen) atoms. The Kier molecular flexibility index (Phi) is 5.02. The first-order chi connectivity index (χ1) is 9.67. The first-order valence-electron chi connectivity index (χ1n) is 6.80. The molecule has 0 saturated carbocycles. The van der Waals surface area contributed by atoms with E-state index in [0.29, 0.717) is 5.75 Å². The van der Waals surface area contributed by atoms with Crippen LogP contribution in [0.1, 0.15) is 18.1 Å². The Labute approximate surface area is 119 Å². The van der Waals surface area contributed by atoms with Gasteiger partial charge in [-0.2, -0.15) is 0 Å². The van der Waals surface area contributed by atoms with Crippen molar-refractivity contribution in [2.24, 2.45) is 0 Å². The van der Waals surface area contributed by atoms with Crippen LogP contribution in [0, 0.1) is 6.92 Å². The van der Waals surface area contributed by atoms with E-state index in [1.807, 2.05) is 55.5 Å². The molecule has 0 aliphatic carbocycles. The highest BCUT2D eigenvalue weighted by atomic mass is 16.6. The second kappa shape index (κ2) is 6.96. The lowest BCUT2D eigenvalue weighted by Gasteiger charge is -2.14. The summed E-state index contributed by atoms with van der Waals surface area (Å²) in [6.07, 6.45) is 0.00287. The summed E-state index contributed by atoms with van der Waals surface area (Å²) in [5, 5.41) is 9.80. The fraction of sp³-hybridized carbons (Fsp3) is 0.294. The molecule has 0 aliphatic heterocycles. The predicted molar refractivity (Wildman–Crippen MR) is 79.1 cm³/mol. The molecule has 1 unspecified atom stereocenters. The summed E-state index contributed by atoms with van der Waals surface area (Å²) in [6.45, 7) is 4.21. The number of aliphatic hydroxyl groups is 1. The molecule has 0 heterocycles. The van der Waals surface area contributed by atoms with Gasteiger partial charge in [-0.1, -0.05) is 36.8 Å².